The van der Waals surface area contributed by atoms with Gasteiger partial charge in [-0.05, 0) is 48.4 Å². The third kappa shape index (κ3) is 5.23. The van der Waals surface area contributed by atoms with E-state index in [1.54, 1.807) is 35.2 Å². The van der Waals surface area contributed by atoms with Crippen LogP contribution in [0, 0.1) is 0 Å². The molecule has 2 aromatic rings. The highest BCUT2D eigenvalue weighted by Gasteiger charge is 2.35. The quantitative estimate of drug-likeness (QED) is 0.585. The highest BCUT2D eigenvalue weighted by atomic mass is 79.9. The lowest BCUT2D eigenvalue weighted by molar-refractivity contribution is 0.0681. The zero-order valence-electron chi connectivity index (χ0n) is 15.4. The minimum absolute atomic E-state index is 0.00721. The van der Waals surface area contributed by atoms with E-state index in [0.717, 1.165) is 10.0 Å². The molecule has 0 radical (unpaired) electrons. The van der Waals surface area contributed by atoms with Gasteiger partial charge in [0, 0.05) is 22.6 Å². The van der Waals surface area contributed by atoms with E-state index in [9.17, 15) is 13.2 Å². The summed E-state index contributed by atoms with van der Waals surface area (Å²) in [6.07, 6.45) is 2.11. The number of sulfone groups is 1. The Bertz CT molecular complexity index is 957. The maximum absolute atomic E-state index is 13.2. The second kappa shape index (κ2) is 8.92. The van der Waals surface area contributed by atoms with Crippen LogP contribution < -0.4 is 4.74 Å². The molecule has 0 N–H and O–H groups in total. The molecule has 0 aromatic heterocycles. The molecule has 0 spiro atoms. The van der Waals surface area contributed by atoms with Gasteiger partial charge in [0.2, 0.25) is 0 Å². The van der Waals surface area contributed by atoms with Crippen molar-refractivity contribution in [2.24, 2.45) is 0 Å². The molecule has 148 valence electrons. The molecule has 1 fully saturated rings. The molecule has 0 saturated carbocycles. The number of amides is 1. The summed E-state index contributed by atoms with van der Waals surface area (Å²) in [6, 6.07) is 14.2. The monoisotopic (exact) mass is 463 g/mol. The molecule has 1 heterocycles. The molecule has 5 nitrogen and oxygen atoms in total. The van der Waals surface area contributed by atoms with Crippen molar-refractivity contribution in [2.45, 2.75) is 19.0 Å². The van der Waals surface area contributed by atoms with Crippen molar-refractivity contribution >= 4 is 31.7 Å². The van der Waals surface area contributed by atoms with Gasteiger partial charge in [0.15, 0.2) is 9.84 Å². The molecule has 2 aromatic carbocycles. The van der Waals surface area contributed by atoms with Gasteiger partial charge in [-0.2, -0.15) is 0 Å². The fraction of sp³-hybridized carbons (Fsp3) is 0.286. The number of hydrogen-bond donors (Lipinski definition) is 0. The summed E-state index contributed by atoms with van der Waals surface area (Å²) in [7, 11) is -3.11. The fourth-order valence-electron chi connectivity index (χ4n) is 3.23. The van der Waals surface area contributed by atoms with Crippen LogP contribution in [0.2, 0.25) is 0 Å². The second-order valence-electron chi connectivity index (χ2n) is 6.74. The number of rotatable bonds is 7. The Labute approximate surface area is 174 Å². The zero-order valence-corrected chi connectivity index (χ0v) is 17.8. The van der Waals surface area contributed by atoms with Gasteiger partial charge >= 0.3 is 0 Å². The molecule has 3 rings (SSSR count). The number of halogens is 1. The van der Waals surface area contributed by atoms with E-state index >= 15 is 0 Å². The molecular formula is C21H22BrNO4S. The molecule has 28 heavy (non-hydrogen) atoms. The minimum atomic E-state index is -3.11. The maximum atomic E-state index is 13.2. The van der Waals surface area contributed by atoms with Gasteiger partial charge in [0.05, 0.1) is 11.5 Å². The molecule has 1 aliphatic heterocycles. The van der Waals surface area contributed by atoms with Gasteiger partial charge in [-0.25, -0.2) is 8.42 Å². The van der Waals surface area contributed by atoms with E-state index < -0.39 is 9.84 Å². The predicted octanol–water partition coefficient (Wildman–Crippen LogP) is 3.84. The van der Waals surface area contributed by atoms with E-state index in [1.807, 2.05) is 24.3 Å². The van der Waals surface area contributed by atoms with Gasteiger partial charge in [-0.1, -0.05) is 40.7 Å². The lowest BCUT2D eigenvalue weighted by Crippen LogP contribution is -2.40. The highest BCUT2D eigenvalue weighted by molar-refractivity contribution is 9.10. The van der Waals surface area contributed by atoms with Gasteiger partial charge in [-0.3, -0.25) is 4.79 Å². The lowest BCUT2D eigenvalue weighted by atomic mass is 10.1. The predicted molar refractivity (Wildman–Crippen MR) is 113 cm³/mol. The summed E-state index contributed by atoms with van der Waals surface area (Å²) in [5.41, 5.74) is 1.45. The average Bonchev–Trinajstić information content (AvgIpc) is 3.04. The molecule has 1 saturated heterocycles. The van der Waals surface area contributed by atoms with Crippen LogP contribution in [0.4, 0.5) is 0 Å². The molecule has 1 atom stereocenters. The van der Waals surface area contributed by atoms with E-state index in [4.69, 9.17) is 4.74 Å². The van der Waals surface area contributed by atoms with E-state index in [2.05, 4.69) is 22.5 Å². The minimum Gasteiger partial charge on any atom is -0.490 e. The number of ether oxygens (including phenoxy) is 1. The van der Waals surface area contributed by atoms with Crippen molar-refractivity contribution in [3.05, 3.63) is 76.8 Å². The third-order valence-electron chi connectivity index (χ3n) is 4.62. The van der Waals surface area contributed by atoms with Crippen molar-refractivity contribution in [1.82, 2.24) is 4.90 Å². The number of carbonyl (C=O) groups excluding carboxylic acids is 1. The van der Waals surface area contributed by atoms with Crippen LogP contribution in [0.3, 0.4) is 0 Å². The first-order valence-electron chi connectivity index (χ1n) is 8.97. The first kappa shape index (κ1) is 20.6. The number of carbonyl (C=O) groups is 1. The number of benzene rings is 2. The highest BCUT2D eigenvalue weighted by Crippen LogP contribution is 2.24. The molecule has 0 bridgehead atoms. The van der Waals surface area contributed by atoms with Crippen molar-refractivity contribution in [1.29, 1.82) is 0 Å². The zero-order chi connectivity index (χ0) is 20.1. The van der Waals surface area contributed by atoms with E-state index in [0.29, 0.717) is 30.9 Å². The maximum Gasteiger partial charge on any atom is 0.254 e. The average molecular weight is 464 g/mol. The summed E-state index contributed by atoms with van der Waals surface area (Å²) >= 11 is 3.44. The van der Waals surface area contributed by atoms with Gasteiger partial charge in [0.1, 0.15) is 12.4 Å². The Hall–Kier alpha value is -2.12. The largest absolute Gasteiger partial charge is 0.490 e. The molecule has 0 aliphatic carbocycles. The van der Waals surface area contributed by atoms with Crippen molar-refractivity contribution in [3.8, 4) is 5.75 Å². The van der Waals surface area contributed by atoms with Crippen LogP contribution in [-0.4, -0.2) is 43.4 Å². The SMILES string of the molecule is C=CCOc1ccc(C(=O)N(Cc2cccc(Br)c2)[C@@H]2CCS(=O)(=O)C2)cc1. The van der Waals surface area contributed by atoms with Gasteiger partial charge in [0.25, 0.3) is 5.91 Å². The van der Waals surface area contributed by atoms with E-state index in [-0.39, 0.29) is 23.5 Å². The van der Waals surface area contributed by atoms with Crippen LogP contribution in [0.5, 0.6) is 5.75 Å². The standard InChI is InChI=1S/C21H22BrNO4S/c1-2-11-27-20-8-6-17(7-9-20)21(24)23(19-10-12-28(25,26)15-19)14-16-4-3-5-18(22)13-16/h2-9,13,19H,1,10-12,14-15H2/t19-/m1/s1. The fourth-order valence-corrected chi connectivity index (χ4v) is 5.41. The smallest absolute Gasteiger partial charge is 0.254 e. The Morgan fingerprint density at radius 2 is 2.00 bits per heavy atom. The molecule has 7 heteroatoms. The van der Waals surface area contributed by atoms with Crippen LogP contribution in [0.1, 0.15) is 22.3 Å². The summed E-state index contributed by atoms with van der Waals surface area (Å²) in [6.45, 7) is 4.35. The third-order valence-corrected chi connectivity index (χ3v) is 6.86. The molecule has 0 unspecified atom stereocenters. The van der Waals surface area contributed by atoms with Gasteiger partial charge < -0.3 is 9.64 Å². The van der Waals surface area contributed by atoms with Crippen molar-refractivity contribution < 1.29 is 17.9 Å². The van der Waals surface area contributed by atoms with Gasteiger partial charge in [-0.15, -0.1) is 0 Å². The summed E-state index contributed by atoms with van der Waals surface area (Å²) in [5.74, 6) is 0.595. The number of hydrogen-bond acceptors (Lipinski definition) is 4. The van der Waals surface area contributed by atoms with Crippen LogP contribution >= 0.6 is 15.9 Å². The van der Waals surface area contributed by atoms with Crippen LogP contribution in [0.15, 0.2) is 65.7 Å². The summed E-state index contributed by atoms with van der Waals surface area (Å²) < 4.78 is 30.3. The first-order valence-corrected chi connectivity index (χ1v) is 11.6. The topological polar surface area (TPSA) is 63.7 Å². The lowest BCUT2D eigenvalue weighted by Gasteiger charge is -2.28. The molecular weight excluding hydrogens is 442 g/mol. The first-order chi connectivity index (χ1) is 13.4. The Morgan fingerprint density at radius 3 is 2.61 bits per heavy atom. The Morgan fingerprint density at radius 1 is 1.25 bits per heavy atom. The summed E-state index contributed by atoms with van der Waals surface area (Å²) in [5, 5.41) is 0. The van der Waals surface area contributed by atoms with Crippen LogP contribution in [-0.2, 0) is 16.4 Å². The normalized spacial score (nSPS) is 17.8. The summed E-state index contributed by atoms with van der Waals surface area (Å²) in [4.78, 5) is 14.9. The Kier molecular flexibility index (Phi) is 6.57. The van der Waals surface area contributed by atoms with E-state index in [1.165, 1.54) is 0 Å². The Balaban J connectivity index is 1.85. The second-order valence-corrected chi connectivity index (χ2v) is 9.89. The molecule has 1 aliphatic rings. The van der Waals surface area contributed by atoms with Crippen molar-refractivity contribution in [2.75, 3.05) is 18.1 Å². The molecule has 1 amide bonds. The van der Waals surface area contributed by atoms with Crippen LogP contribution in [0.25, 0.3) is 0 Å². The number of nitrogens with zero attached hydrogens (tertiary/aromatic N) is 1. The van der Waals surface area contributed by atoms with Crippen molar-refractivity contribution in [3.63, 3.8) is 0 Å².